The van der Waals surface area contributed by atoms with Gasteiger partial charge in [-0.2, -0.15) is 5.26 Å². The van der Waals surface area contributed by atoms with E-state index in [2.05, 4.69) is 35.3 Å². The van der Waals surface area contributed by atoms with E-state index >= 15 is 0 Å². The van der Waals surface area contributed by atoms with Crippen LogP contribution >= 0.6 is 0 Å². The van der Waals surface area contributed by atoms with E-state index < -0.39 is 0 Å². The fraction of sp³-hybridized carbons (Fsp3) is 0. The summed E-state index contributed by atoms with van der Waals surface area (Å²) in [5, 5.41) is 11.4. The molecule has 0 saturated carbocycles. The highest BCUT2D eigenvalue weighted by Crippen LogP contribution is 2.34. The Bertz CT molecular complexity index is 2020. The Kier molecular flexibility index (Phi) is 5.42. The molecule has 0 atom stereocenters. The van der Waals surface area contributed by atoms with Crippen molar-refractivity contribution in [2.75, 3.05) is 0 Å². The van der Waals surface area contributed by atoms with Crippen LogP contribution in [0.2, 0.25) is 0 Å². The minimum atomic E-state index is 0.606. The predicted molar refractivity (Wildman–Crippen MR) is 154 cm³/mol. The van der Waals surface area contributed by atoms with Gasteiger partial charge in [-0.05, 0) is 60.2 Å². The van der Waals surface area contributed by atoms with Crippen molar-refractivity contribution in [3.63, 3.8) is 0 Å². The average Bonchev–Trinajstić information content (AvgIpc) is 3.39. The third-order valence-electron chi connectivity index (χ3n) is 6.82. The first-order valence-corrected chi connectivity index (χ1v) is 12.6. The monoisotopic (exact) mass is 500 g/mol. The molecule has 0 aliphatic carbocycles. The smallest absolute Gasteiger partial charge is 0.160 e. The van der Waals surface area contributed by atoms with Crippen molar-refractivity contribution in [3.05, 3.63) is 127 Å². The minimum Gasteiger partial charge on any atom is -0.456 e. The second kappa shape index (κ2) is 9.37. The van der Waals surface area contributed by atoms with E-state index in [1.54, 1.807) is 6.20 Å². The quantitative estimate of drug-likeness (QED) is 0.243. The Morgan fingerprint density at radius 1 is 0.564 bits per heavy atom. The Morgan fingerprint density at radius 2 is 1.31 bits per heavy atom. The molecule has 0 aliphatic heterocycles. The largest absolute Gasteiger partial charge is 0.456 e. The molecule has 0 spiro atoms. The lowest BCUT2D eigenvalue weighted by Gasteiger charge is -2.11. The molecule has 5 nitrogen and oxygen atoms in total. The lowest BCUT2D eigenvalue weighted by atomic mass is 10.0. The van der Waals surface area contributed by atoms with E-state index in [0.29, 0.717) is 11.4 Å². The SMILES string of the molecule is N#Cc1ccc(-c2cc(-c3ccc4oc5ccccc5c4c3)nc(-c3cccc(-c4cccnc4)c3)n2)cc1. The number of hydrogen-bond donors (Lipinski definition) is 0. The number of nitriles is 1. The zero-order valence-electron chi connectivity index (χ0n) is 20.7. The van der Waals surface area contributed by atoms with Gasteiger partial charge in [0.25, 0.3) is 0 Å². The molecule has 39 heavy (non-hydrogen) atoms. The summed E-state index contributed by atoms with van der Waals surface area (Å²) in [7, 11) is 0. The van der Waals surface area contributed by atoms with Gasteiger partial charge in [-0.25, -0.2) is 9.97 Å². The van der Waals surface area contributed by atoms with Gasteiger partial charge in [0.1, 0.15) is 11.2 Å². The second-order valence-electron chi connectivity index (χ2n) is 9.28. The first-order chi connectivity index (χ1) is 19.2. The van der Waals surface area contributed by atoms with Crippen molar-refractivity contribution in [1.82, 2.24) is 15.0 Å². The first-order valence-electron chi connectivity index (χ1n) is 12.6. The number of pyridine rings is 1. The number of para-hydroxylation sites is 1. The third kappa shape index (κ3) is 4.20. The van der Waals surface area contributed by atoms with Gasteiger partial charge in [-0.3, -0.25) is 4.98 Å². The molecule has 0 aliphatic rings. The summed E-state index contributed by atoms with van der Waals surface area (Å²) in [6.07, 6.45) is 3.62. The lowest BCUT2D eigenvalue weighted by molar-refractivity contribution is 0.669. The first kappa shape index (κ1) is 22.6. The fourth-order valence-electron chi connectivity index (χ4n) is 4.84. The van der Waals surface area contributed by atoms with Crippen LogP contribution in [-0.2, 0) is 0 Å². The van der Waals surface area contributed by atoms with Crippen LogP contribution in [0, 0.1) is 11.3 Å². The summed E-state index contributed by atoms with van der Waals surface area (Å²) < 4.78 is 6.04. The summed E-state index contributed by atoms with van der Waals surface area (Å²) in [5.41, 5.74) is 8.75. The average molecular weight is 501 g/mol. The van der Waals surface area contributed by atoms with Gasteiger partial charge in [0.15, 0.2) is 5.82 Å². The molecule has 0 N–H and O–H groups in total. The molecule has 0 saturated heterocycles. The number of rotatable bonds is 4. The number of hydrogen-bond acceptors (Lipinski definition) is 5. The molecule has 0 bridgehead atoms. The van der Waals surface area contributed by atoms with Crippen LogP contribution in [0.25, 0.3) is 67.0 Å². The van der Waals surface area contributed by atoms with Crippen molar-refractivity contribution in [2.45, 2.75) is 0 Å². The topological polar surface area (TPSA) is 75.6 Å². The molecule has 3 aromatic heterocycles. The zero-order chi connectivity index (χ0) is 26.2. The summed E-state index contributed by atoms with van der Waals surface area (Å²) in [4.78, 5) is 14.3. The van der Waals surface area contributed by atoms with Crippen molar-refractivity contribution < 1.29 is 4.42 Å². The number of benzene rings is 4. The van der Waals surface area contributed by atoms with Gasteiger partial charge in [0, 0.05) is 45.4 Å². The predicted octanol–water partition coefficient (Wildman–Crippen LogP) is 8.31. The van der Waals surface area contributed by atoms with E-state index in [0.717, 1.165) is 61.1 Å². The lowest BCUT2D eigenvalue weighted by Crippen LogP contribution is -1.96. The van der Waals surface area contributed by atoms with E-state index in [1.807, 2.05) is 91.1 Å². The van der Waals surface area contributed by atoms with E-state index in [9.17, 15) is 5.26 Å². The Morgan fingerprint density at radius 3 is 2.13 bits per heavy atom. The third-order valence-corrected chi connectivity index (χ3v) is 6.82. The Labute approximate surface area is 224 Å². The van der Waals surface area contributed by atoms with Crippen molar-refractivity contribution in [2.24, 2.45) is 0 Å². The van der Waals surface area contributed by atoms with Crippen molar-refractivity contribution in [1.29, 1.82) is 5.26 Å². The minimum absolute atomic E-state index is 0.606. The van der Waals surface area contributed by atoms with Gasteiger partial charge in [-0.15, -0.1) is 0 Å². The summed E-state index contributed by atoms with van der Waals surface area (Å²) in [6, 6.07) is 38.0. The highest BCUT2D eigenvalue weighted by atomic mass is 16.3. The maximum Gasteiger partial charge on any atom is 0.160 e. The second-order valence-corrected chi connectivity index (χ2v) is 9.28. The summed E-state index contributed by atoms with van der Waals surface area (Å²) in [6.45, 7) is 0. The molecule has 3 heterocycles. The summed E-state index contributed by atoms with van der Waals surface area (Å²) >= 11 is 0. The van der Waals surface area contributed by atoms with Crippen molar-refractivity contribution >= 4 is 21.9 Å². The molecule has 0 amide bonds. The Balaban J connectivity index is 1.41. The maximum absolute atomic E-state index is 9.26. The molecule has 0 fully saturated rings. The highest BCUT2D eigenvalue weighted by Gasteiger charge is 2.14. The number of fused-ring (bicyclic) bond motifs is 3. The van der Waals surface area contributed by atoms with Crippen LogP contribution in [0.1, 0.15) is 5.56 Å². The zero-order valence-corrected chi connectivity index (χ0v) is 20.7. The molecule has 5 heteroatoms. The maximum atomic E-state index is 9.26. The van der Waals surface area contributed by atoms with E-state index in [4.69, 9.17) is 14.4 Å². The van der Waals surface area contributed by atoms with Gasteiger partial charge < -0.3 is 4.42 Å². The molecular formula is C34H20N4O. The van der Waals surface area contributed by atoms with Crippen LogP contribution in [0.15, 0.2) is 126 Å². The standard InChI is InChI=1S/C34H20N4O/c35-20-22-10-12-23(13-11-22)30-19-31(25-14-15-33-29(18-25)28-8-1-2-9-32(28)39-33)38-34(37-30)26-6-3-5-24(17-26)27-7-4-16-36-21-27/h1-19,21H. The molecule has 7 rings (SSSR count). The normalized spacial score (nSPS) is 11.1. The fourth-order valence-corrected chi connectivity index (χ4v) is 4.84. The van der Waals surface area contributed by atoms with Gasteiger partial charge in [-0.1, -0.05) is 54.6 Å². The van der Waals surface area contributed by atoms with Crippen molar-refractivity contribution in [3.8, 4) is 51.1 Å². The van der Waals surface area contributed by atoms with E-state index in [-0.39, 0.29) is 0 Å². The van der Waals surface area contributed by atoms with Crippen LogP contribution in [-0.4, -0.2) is 15.0 Å². The summed E-state index contributed by atoms with van der Waals surface area (Å²) in [5.74, 6) is 0.620. The highest BCUT2D eigenvalue weighted by molar-refractivity contribution is 6.06. The van der Waals surface area contributed by atoms with Crippen LogP contribution < -0.4 is 0 Å². The van der Waals surface area contributed by atoms with Crippen LogP contribution in [0.4, 0.5) is 0 Å². The Hall–Kier alpha value is -5.60. The van der Waals surface area contributed by atoms with Gasteiger partial charge in [0.2, 0.25) is 0 Å². The van der Waals surface area contributed by atoms with Crippen LogP contribution in [0.5, 0.6) is 0 Å². The van der Waals surface area contributed by atoms with E-state index in [1.165, 1.54) is 0 Å². The molecule has 7 aromatic rings. The number of nitrogens with zero attached hydrogens (tertiary/aromatic N) is 4. The molecule has 0 unspecified atom stereocenters. The molecule has 182 valence electrons. The molecular weight excluding hydrogens is 480 g/mol. The van der Waals surface area contributed by atoms with Crippen LogP contribution in [0.3, 0.4) is 0 Å². The molecule has 4 aromatic carbocycles. The van der Waals surface area contributed by atoms with Gasteiger partial charge >= 0.3 is 0 Å². The van der Waals surface area contributed by atoms with Gasteiger partial charge in [0.05, 0.1) is 23.0 Å². The number of aromatic nitrogens is 3. The number of furan rings is 1. The molecule has 0 radical (unpaired) electrons.